The fourth-order valence-electron chi connectivity index (χ4n) is 2.43. The van der Waals surface area contributed by atoms with Gasteiger partial charge >= 0.3 is 12.1 Å². The lowest BCUT2D eigenvalue weighted by Crippen LogP contribution is -2.43. The lowest BCUT2D eigenvalue weighted by Gasteiger charge is -2.19. The molecule has 0 spiro atoms. The van der Waals surface area contributed by atoms with Crippen LogP contribution >= 0.6 is 11.8 Å². The summed E-state index contributed by atoms with van der Waals surface area (Å²) in [6.07, 6.45) is -0.273. The Balaban J connectivity index is 1.88. The quantitative estimate of drug-likeness (QED) is 0.577. The number of hydrogen-bond acceptors (Lipinski definition) is 5. The van der Waals surface area contributed by atoms with E-state index in [0.717, 1.165) is 11.1 Å². The highest BCUT2D eigenvalue weighted by molar-refractivity contribution is 7.99. The molecular weight excluding hydrogens is 366 g/mol. The number of amides is 1. The molecule has 0 aromatic heterocycles. The third kappa shape index (κ3) is 7.32. The molecule has 2 aromatic carbocycles. The van der Waals surface area contributed by atoms with E-state index < -0.39 is 18.1 Å². The van der Waals surface area contributed by atoms with E-state index in [1.54, 1.807) is 0 Å². The molecule has 0 radical (unpaired) electrons. The van der Waals surface area contributed by atoms with E-state index in [1.807, 2.05) is 60.7 Å². The molecule has 0 aliphatic heterocycles. The molecule has 0 heterocycles. The fraction of sp³-hybridized carbons (Fsp3) is 0.300. The van der Waals surface area contributed by atoms with Crippen LogP contribution in [-0.2, 0) is 16.1 Å². The van der Waals surface area contributed by atoms with Crippen molar-refractivity contribution in [2.45, 2.75) is 24.3 Å². The zero-order chi connectivity index (χ0) is 19.5. The molecule has 144 valence electrons. The Morgan fingerprint density at radius 1 is 1.04 bits per heavy atom. The molecule has 7 heteroatoms. The van der Waals surface area contributed by atoms with Gasteiger partial charge in [-0.2, -0.15) is 11.8 Å². The molecule has 2 rings (SSSR count). The average molecular weight is 389 g/mol. The summed E-state index contributed by atoms with van der Waals surface area (Å²) in [5.41, 5.74) is 1.83. The Morgan fingerprint density at radius 2 is 1.67 bits per heavy atom. The molecule has 2 atom stereocenters. The number of aliphatic hydroxyl groups excluding tert-OH is 1. The van der Waals surface area contributed by atoms with E-state index in [2.05, 4.69) is 5.32 Å². The average Bonchev–Trinajstić information content (AvgIpc) is 2.69. The number of aliphatic carboxylic acids is 1. The first kappa shape index (κ1) is 20.8. The normalized spacial score (nSPS) is 12.8. The van der Waals surface area contributed by atoms with Gasteiger partial charge in [-0.3, -0.25) is 0 Å². The monoisotopic (exact) mass is 389 g/mol. The second kappa shape index (κ2) is 11.3. The van der Waals surface area contributed by atoms with Gasteiger partial charge in [0.2, 0.25) is 0 Å². The Hall–Kier alpha value is -2.51. The number of ether oxygens (including phenoxy) is 1. The van der Waals surface area contributed by atoms with Crippen molar-refractivity contribution in [2.24, 2.45) is 0 Å². The summed E-state index contributed by atoms with van der Waals surface area (Å²) in [5, 5.41) is 21.0. The fourth-order valence-corrected chi connectivity index (χ4v) is 3.70. The number of nitrogens with one attached hydrogen (secondary N) is 1. The molecule has 1 amide bonds. The third-order valence-corrected chi connectivity index (χ3v) is 5.27. The Bertz CT molecular complexity index is 711. The van der Waals surface area contributed by atoms with Crippen LogP contribution in [0, 0.1) is 0 Å². The van der Waals surface area contributed by atoms with Gasteiger partial charge in [0.05, 0.1) is 0 Å². The number of carboxylic acid groups (broad SMARTS) is 1. The Labute approximate surface area is 162 Å². The highest BCUT2D eigenvalue weighted by Crippen LogP contribution is 2.32. The van der Waals surface area contributed by atoms with Crippen LogP contribution in [0.1, 0.15) is 22.8 Å². The molecule has 6 nitrogen and oxygen atoms in total. The van der Waals surface area contributed by atoms with Crippen LogP contribution in [0.5, 0.6) is 0 Å². The molecule has 2 aromatic rings. The number of carboxylic acids is 1. The van der Waals surface area contributed by atoms with Crippen molar-refractivity contribution in [1.29, 1.82) is 0 Å². The molecule has 0 aliphatic rings. The van der Waals surface area contributed by atoms with Gasteiger partial charge in [0.1, 0.15) is 12.6 Å². The van der Waals surface area contributed by atoms with Gasteiger partial charge in [-0.15, -0.1) is 0 Å². The zero-order valence-corrected chi connectivity index (χ0v) is 15.6. The molecule has 0 fully saturated rings. The van der Waals surface area contributed by atoms with Gasteiger partial charge in [-0.05, 0) is 17.5 Å². The molecular formula is C20H23NO5S. The number of aliphatic hydroxyl groups is 1. The summed E-state index contributed by atoms with van der Waals surface area (Å²) in [4.78, 5) is 23.4. The minimum absolute atomic E-state index is 0.00313. The van der Waals surface area contributed by atoms with Crippen molar-refractivity contribution < 1.29 is 24.5 Å². The highest BCUT2D eigenvalue weighted by atomic mass is 32.2. The van der Waals surface area contributed by atoms with Crippen LogP contribution in [-0.4, -0.2) is 40.7 Å². The first-order valence-corrected chi connectivity index (χ1v) is 9.62. The van der Waals surface area contributed by atoms with Crippen LogP contribution in [0.3, 0.4) is 0 Å². The zero-order valence-electron chi connectivity index (χ0n) is 14.8. The van der Waals surface area contributed by atoms with E-state index in [-0.39, 0.29) is 24.2 Å². The number of benzene rings is 2. The van der Waals surface area contributed by atoms with Crippen molar-refractivity contribution in [2.75, 3.05) is 12.4 Å². The first-order chi connectivity index (χ1) is 13.1. The number of carbonyl (C=O) groups is 2. The summed E-state index contributed by atoms with van der Waals surface area (Å²) >= 11 is 1.38. The maximum atomic E-state index is 11.9. The maximum Gasteiger partial charge on any atom is 0.408 e. The number of thioether (sulfide) groups is 1. The minimum atomic E-state index is -1.13. The predicted octanol–water partition coefficient (Wildman–Crippen LogP) is 3.22. The molecule has 3 N–H and O–H groups in total. The van der Waals surface area contributed by atoms with Crippen molar-refractivity contribution in [3.05, 3.63) is 71.8 Å². The van der Waals surface area contributed by atoms with Crippen LogP contribution in [0.25, 0.3) is 0 Å². The summed E-state index contributed by atoms with van der Waals surface area (Å²) in [5.74, 6) is -0.968. The van der Waals surface area contributed by atoms with Crippen molar-refractivity contribution in [1.82, 2.24) is 5.32 Å². The first-order valence-electron chi connectivity index (χ1n) is 8.57. The van der Waals surface area contributed by atoms with Gasteiger partial charge in [0.15, 0.2) is 0 Å². The topological polar surface area (TPSA) is 95.9 Å². The van der Waals surface area contributed by atoms with Crippen molar-refractivity contribution in [3.63, 3.8) is 0 Å². The molecule has 0 saturated carbocycles. The molecule has 0 saturated heterocycles. The highest BCUT2D eigenvalue weighted by Gasteiger charge is 2.23. The lowest BCUT2D eigenvalue weighted by atomic mass is 10.1. The molecule has 1 unspecified atom stereocenters. The molecule has 0 bridgehead atoms. The van der Waals surface area contributed by atoms with Crippen LogP contribution in [0.15, 0.2) is 60.7 Å². The number of alkyl carbamates (subject to hydrolysis) is 1. The number of carbonyl (C=O) groups excluding carboxylic acids is 1. The maximum absolute atomic E-state index is 11.9. The van der Waals surface area contributed by atoms with Gasteiger partial charge in [0.25, 0.3) is 0 Å². The van der Waals surface area contributed by atoms with E-state index in [1.165, 1.54) is 11.8 Å². The predicted molar refractivity (Wildman–Crippen MR) is 105 cm³/mol. The van der Waals surface area contributed by atoms with Crippen LogP contribution in [0.4, 0.5) is 4.79 Å². The second-order valence-electron chi connectivity index (χ2n) is 5.84. The van der Waals surface area contributed by atoms with Crippen molar-refractivity contribution in [3.8, 4) is 0 Å². The summed E-state index contributed by atoms with van der Waals surface area (Å²) < 4.78 is 5.09. The van der Waals surface area contributed by atoms with Gasteiger partial charge in [-0.1, -0.05) is 60.7 Å². The van der Waals surface area contributed by atoms with E-state index in [4.69, 9.17) is 4.74 Å². The van der Waals surface area contributed by atoms with E-state index >= 15 is 0 Å². The minimum Gasteiger partial charge on any atom is -0.480 e. The smallest absolute Gasteiger partial charge is 0.408 e. The standard InChI is InChI=1S/C20H23NO5S/c22-12-11-18(16-9-5-2-6-10-16)27-14-17(19(23)24)21-20(25)26-13-15-7-3-1-4-8-15/h1-10,17-18,22H,11-14H2,(H,21,25)(H,23,24)/t17-,18?/m0/s1. The lowest BCUT2D eigenvalue weighted by molar-refractivity contribution is -0.138. The van der Waals surface area contributed by atoms with Gasteiger partial charge in [0, 0.05) is 17.6 Å². The summed E-state index contributed by atoms with van der Waals surface area (Å²) in [6.45, 7) is 0.0696. The second-order valence-corrected chi connectivity index (χ2v) is 7.08. The van der Waals surface area contributed by atoms with Crippen molar-refractivity contribution >= 4 is 23.8 Å². The Kier molecular flexibility index (Phi) is 8.67. The van der Waals surface area contributed by atoms with Crippen LogP contribution in [0.2, 0.25) is 0 Å². The third-order valence-electron chi connectivity index (χ3n) is 3.83. The van der Waals surface area contributed by atoms with E-state index in [0.29, 0.717) is 6.42 Å². The summed E-state index contributed by atoms with van der Waals surface area (Å²) in [7, 11) is 0. The molecule has 0 aliphatic carbocycles. The molecule has 27 heavy (non-hydrogen) atoms. The summed E-state index contributed by atoms with van der Waals surface area (Å²) in [6, 6.07) is 17.6. The van der Waals surface area contributed by atoms with Gasteiger partial charge < -0.3 is 20.3 Å². The van der Waals surface area contributed by atoms with E-state index in [9.17, 15) is 19.8 Å². The number of hydrogen-bond donors (Lipinski definition) is 3. The number of rotatable bonds is 10. The van der Waals surface area contributed by atoms with Crippen LogP contribution < -0.4 is 5.32 Å². The largest absolute Gasteiger partial charge is 0.480 e. The Morgan fingerprint density at radius 3 is 2.26 bits per heavy atom. The SMILES string of the molecule is O=C(N[C@@H](CSC(CCO)c1ccccc1)C(=O)O)OCc1ccccc1. The van der Waals surface area contributed by atoms with Gasteiger partial charge in [-0.25, -0.2) is 9.59 Å².